The third kappa shape index (κ3) is 3.58. The number of rotatable bonds is 3. The summed E-state index contributed by atoms with van der Waals surface area (Å²) in [7, 11) is 0. The summed E-state index contributed by atoms with van der Waals surface area (Å²) < 4.78 is 14.4. The molecule has 0 spiro atoms. The SMILES string of the molecule is CC1C=Cc2nc(-c3ccc(-c4ccc5c(c4)NC(c4c(F)cccc4Cl)N5)cc3)[nH]c2C1. The minimum Gasteiger partial charge on any atom is -0.360 e. The molecule has 4 aromatic rings. The molecule has 2 unspecified atom stereocenters. The van der Waals surface area contributed by atoms with Gasteiger partial charge in [-0.25, -0.2) is 9.37 Å². The number of nitrogens with one attached hydrogen (secondary N) is 3. The Kier molecular flexibility index (Phi) is 4.73. The Morgan fingerprint density at radius 2 is 1.70 bits per heavy atom. The van der Waals surface area contributed by atoms with E-state index >= 15 is 0 Å². The van der Waals surface area contributed by atoms with Gasteiger partial charge in [0.15, 0.2) is 0 Å². The molecule has 3 N–H and O–H groups in total. The second-order valence-electron chi connectivity index (χ2n) is 8.68. The van der Waals surface area contributed by atoms with Crippen LogP contribution in [0, 0.1) is 11.7 Å². The number of imidazole rings is 1. The monoisotopic (exact) mass is 456 g/mol. The summed E-state index contributed by atoms with van der Waals surface area (Å²) in [5.74, 6) is 1.10. The molecule has 0 saturated heterocycles. The molecule has 164 valence electrons. The number of hydrogen-bond donors (Lipinski definition) is 3. The molecule has 2 heterocycles. The number of nitrogens with zero attached hydrogens (tertiary/aromatic N) is 1. The van der Waals surface area contributed by atoms with Gasteiger partial charge >= 0.3 is 0 Å². The van der Waals surface area contributed by atoms with E-state index < -0.39 is 6.17 Å². The summed E-state index contributed by atoms with van der Waals surface area (Å²) in [6.45, 7) is 2.21. The van der Waals surface area contributed by atoms with Crippen molar-refractivity contribution in [2.24, 2.45) is 5.92 Å². The Hall–Kier alpha value is -3.57. The maximum atomic E-state index is 14.4. The van der Waals surface area contributed by atoms with Gasteiger partial charge in [-0.05, 0) is 53.8 Å². The average molecular weight is 457 g/mol. The molecule has 0 radical (unpaired) electrons. The molecule has 1 aliphatic heterocycles. The third-order valence-corrected chi connectivity index (χ3v) is 6.65. The van der Waals surface area contributed by atoms with Crippen molar-refractivity contribution < 1.29 is 4.39 Å². The second kappa shape index (κ2) is 7.78. The Balaban J connectivity index is 1.25. The highest BCUT2D eigenvalue weighted by molar-refractivity contribution is 6.31. The van der Waals surface area contributed by atoms with Crippen molar-refractivity contribution in [2.75, 3.05) is 10.6 Å². The molecule has 4 nitrogen and oxygen atoms in total. The molecule has 6 heteroatoms. The standard InChI is InChI=1S/C27H22ClFN4/c1-15-5-11-21-23(13-15)32-26(30-21)17-8-6-16(7-9-17)18-10-12-22-24(14-18)33-27(31-22)25-19(28)3-2-4-20(25)29/h2-12,14-15,27,31,33H,13H2,1H3,(H,30,32). The number of aromatic amines is 1. The minimum absolute atomic E-state index is 0.333. The van der Waals surface area contributed by atoms with Crippen molar-refractivity contribution in [3.8, 4) is 22.5 Å². The van der Waals surface area contributed by atoms with Crippen molar-refractivity contribution in [2.45, 2.75) is 19.5 Å². The van der Waals surface area contributed by atoms with E-state index in [1.165, 1.54) is 11.8 Å². The fourth-order valence-corrected chi connectivity index (χ4v) is 4.84. The lowest BCUT2D eigenvalue weighted by molar-refractivity contribution is 0.604. The smallest absolute Gasteiger partial charge is 0.138 e. The summed E-state index contributed by atoms with van der Waals surface area (Å²) >= 11 is 6.25. The highest BCUT2D eigenvalue weighted by atomic mass is 35.5. The highest BCUT2D eigenvalue weighted by Crippen LogP contribution is 2.40. The van der Waals surface area contributed by atoms with Gasteiger partial charge in [0.2, 0.25) is 0 Å². The Labute approximate surface area is 196 Å². The number of allylic oxidation sites excluding steroid dienone is 1. The van der Waals surface area contributed by atoms with Crippen LogP contribution in [0.2, 0.25) is 5.02 Å². The van der Waals surface area contributed by atoms with Gasteiger partial charge < -0.3 is 15.6 Å². The van der Waals surface area contributed by atoms with Crippen LogP contribution in [0.3, 0.4) is 0 Å². The molecule has 1 aromatic heterocycles. The maximum absolute atomic E-state index is 14.4. The van der Waals surface area contributed by atoms with Gasteiger partial charge in [-0.1, -0.05) is 61.0 Å². The number of fused-ring (bicyclic) bond motifs is 2. The van der Waals surface area contributed by atoms with Gasteiger partial charge in [-0.2, -0.15) is 0 Å². The minimum atomic E-state index is -0.409. The molecular formula is C27H22ClFN4. The molecule has 1 aliphatic carbocycles. The van der Waals surface area contributed by atoms with Crippen LogP contribution in [-0.2, 0) is 6.42 Å². The molecule has 2 atom stereocenters. The Morgan fingerprint density at radius 1 is 0.939 bits per heavy atom. The van der Waals surface area contributed by atoms with Gasteiger partial charge in [0, 0.05) is 16.8 Å². The normalized spacial score (nSPS) is 18.4. The molecule has 0 saturated carbocycles. The number of aromatic nitrogens is 2. The average Bonchev–Trinajstić information content (AvgIpc) is 3.42. The first kappa shape index (κ1) is 20.1. The van der Waals surface area contributed by atoms with Crippen LogP contribution in [0.5, 0.6) is 0 Å². The predicted molar refractivity (Wildman–Crippen MR) is 133 cm³/mol. The predicted octanol–water partition coefficient (Wildman–Crippen LogP) is 7.28. The van der Waals surface area contributed by atoms with Crippen LogP contribution in [0.25, 0.3) is 28.6 Å². The van der Waals surface area contributed by atoms with E-state index in [1.807, 2.05) is 6.07 Å². The van der Waals surface area contributed by atoms with E-state index in [4.69, 9.17) is 16.6 Å². The molecule has 6 rings (SSSR count). The van der Waals surface area contributed by atoms with Crippen molar-refractivity contribution in [1.82, 2.24) is 9.97 Å². The summed E-state index contributed by atoms with van der Waals surface area (Å²) in [6, 6.07) is 19.3. The van der Waals surface area contributed by atoms with Gasteiger partial charge in [0.1, 0.15) is 17.8 Å². The van der Waals surface area contributed by atoms with E-state index in [-0.39, 0.29) is 5.82 Å². The zero-order chi connectivity index (χ0) is 22.5. The van der Waals surface area contributed by atoms with E-state index in [1.54, 1.807) is 12.1 Å². The van der Waals surface area contributed by atoms with Crippen LogP contribution in [0.4, 0.5) is 15.8 Å². The zero-order valence-corrected chi connectivity index (χ0v) is 18.7. The van der Waals surface area contributed by atoms with E-state index in [0.29, 0.717) is 16.5 Å². The fourth-order valence-electron chi connectivity index (χ4n) is 4.57. The fraction of sp³-hybridized carbons (Fsp3) is 0.148. The number of benzene rings is 3. The van der Waals surface area contributed by atoms with E-state index in [2.05, 4.69) is 71.1 Å². The number of H-pyrrole nitrogens is 1. The molecule has 0 bridgehead atoms. The van der Waals surface area contributed by atoms with Crippen LogP contribution in [0.15, 0.2) is 66.7 Å². The first-order valence-corrected chi connectivity index (χ1v) is 11.4. The zero-order valence-electron chi connectivity index (χ0n) is 18.0. The van der Waals surface area contributed by atoms with Gasteiger partial charge in [-0.15, -0.1) is 0 Å². The molecule has 0 amide bonds. The quantitative estimate of drug-likeness (QED) is 0.303. The molecular weight excluding hydrogens is 435 g/mol. The largest absolute Gasteiger partial charge is 0.360 e. The van der Waals surface area contributed by atoms with Crippen LogP contribution in [-0.4, -0.2) is 9.97 Å². The summed E-state index contributed by atoms with van der Waals surface area (Å²) in [5, 5.41) is 7.07. The number of halogens is 2. The number of hydrogen-bond acceptors (Lipinski definition) is 3. The highest BCUT2D eigenvalue weighted by Gasteiger charge is 2.26. The maximum Gasteiger partial charge on any atom is 0.138 e. The van der Waals surface area contributed by atoms with E-state index in [0.717, 1.165) is 46.0 Å². The van der Waals surface area contributed by atoms with Crippen LogP contribution >= 0.6 is 11.6 Å². The van der Waals surface area contributed by atoms with Crippen LogP contribution in [0.1, 0.15) is 30.0 Å². The first-order valence-electron chi connectivity index (χ1n) is 11.0. The topological polar surface area (TPSA) is 52.7 Å². The summed E-state index contributed by atoms with van der Waals surface area (Å²) in [4.78, 5) is 8.24. The van der Waals surface area contributed by atoms with Crippen molar-refractivity contribution in [3.63, 3.8) is 0 Å². The van der Waals surface area contributed by atoms with Crippen molar-refractivity contribution in [3.05, 3.63) is 94.5 Å². The molecule has 33 heavy (non-hydrogen) atoms. The second-order valence-corrected chi connectivity index (χ2v) is 9.09. The van der Waals surface area contributed by atoms with Gasteiger partial charge in [-0.3, -0.25) is 0 Å². The first-order chi connectivity index (χ1) is 16.0. The lowest BCUT2D eigenvalue weighted by atomic mass is 9.99. The molecule has 3 aromatic carbocycles. The Bertz CT molecular complexity index is 1370. The van der Waals surface area contributed by atoms with Gasteiger partial charge in [0.05, 0.1) is 22.1 Å². The Morgan fingerprint density at radius 3 is 2.52 bits per heavy atom. The third-order valence-electron chi connectivity index (χ3n) is 6.32. The van der Waals surface area contributed by atoms with E-state index in [9.17, 15) is 4.39 Å². The number of anilines is 2. The lowest BCUT2D eigenvalue weighted by Crippen LogP contribution is -2.14. The summed E-state index contributed by atoms with van der Waals surface area (Å²) in [6.07, 6.45) is 4.89. The van der Waals surface area contributed by atoms with Crippen molar-refractivity contribution >= 4 is 29.1 Å². The lowest BCUT2D eigenvalue weighted by Gasteiger charge is -2.15. The van der Waals surface area contributed by atoms with Crippen LogP contribution < -0.4 is 10.6 Å². The summed E-state index contributed by atoms with van der Waals surface area (Å²) in [5.41, 5.74) is 7.73. The van der Waals surface area contributed by atoms with Crippen molar-refractivity contribution in [1.29, 1.82) is 0 Å². The molecule has 2 aliphatic rings. The van der Waals surface area contributed by atoms with Gasteiger partial charge in [0.25, 0.3) is 0 Å². The molecule has 0 fully saturated rings.